The smallest absolute Gasteiger partial charge is 0.206 e. The van der Waals surface area contributed by atoms with Gasteiger partial charge in [0.1, 0.15) is 12.0 Å². The van der Waals surface area contributed by atoms with Crippen molar-refractivity contribution < 1.29 is 19.7 Å². The number of para-hydroxylation sites is 2. The molecule has 1 aliphatic heterocycles. The van der Waals surface area contributed by atoms with Gasteiger partial charge in [0.15, 0.2) is 0 Å². The molecule has 1 fully saturated rings. The predicted octanol–water partition coefficient (Wildman–Crippen LogP) is 3.08. The van der Waals surface area contributed by atoms with Crippen LogP contribution < -0.4 is 10.1 Å². The van der Waals surface area contributed by atoms with Crippen LogP contribution in [0.3, 0.4) is 0 Å². The monoisotopic (exact) mass is 397 g/mol. The number of imidazole rings is 1. The minimum Gasteiger partial charge on any atom is -0.493 e. The summed E-state index contributed by atoms with van der Waals surface area (Å²) < 4.78 is 13.8. The van der Waals surface area contributed by atoms with E-state index in [1.54, 1.807) is 0 Å². The molecule has 154 valence electrons. The van der Waals surface area contributed by atoms with E-state index >= 15 is 0 Å². The van der Waals surface area contributed by atoms with Gasteiger partial charge in [0.2, 0.25) is 5.95 Å². The van der Waals surface area contributed by atoms with Crippen LogP contribution in [-0.2, 0) is 11.3 Å². The van der Waals surface area contributed by atoms with E-state index in [4.69, 9.17) is 19.6 Å². The van der Waals surface area contributed by atoms with Crippen LogP contribution in [0.15, 0.2) is 48.5 Å². The Kier molecular flexibility index (Phi) is 6.29. The quantitative estimate of drug-likeness (QED) is 0.481. The summed E-state index contributed by atoms with van der Waals surface area (Å²) in [6.07, 6.45) is 2.02. The third-order valence-corrected chi connectivity index (χ3v) is 5.09. The number of ether oxygens (including phenoxy) is 2. The molecule has 0 amide bonds. The van der Waals surface area contributed by atoms with Gasteiger partial charge >= 0.3 is 0 Å². The van der Waals surface area contributed by atoms with Gasteiger partial charge in [-0.1, -0.05) is 24.3 Å². The second-order valence-electron chi connectivity index (χ2n) is 7.19. The van der Waals surface area contributed by atoms with E-state index in [2.05, 4.69) is 9.88 Å². The van der Waals surface area contributed by atoms with E-state index in [0.717, 1.165) is 41.1 Å². The number of rotatable bonds is 9. The Labute approximate surface area is 169 Å². The molecule has 0 bridgehead atoms. The number of hydrogen-bond acceptors (Lipinski definition) is 6. The van der Waals surface area contributed by atoms with Crippen molar-refractivity contribution in [3.05, 3.63) is 54.1 Å². The maximum Gasteiger partial charge on any atom is 0.206 e. The van der Waals surface area contributed by atoms with E-state index in [9.17, 15) is 5.11 Å². The minimum absolute atomic E-state index is 0.0367. The number of aliphatic hydroxyl groups excluding tert-OH is 2. The number of benzene rings is 2. The predicted molar refractivity (Wildman–Crippen MR) is 111 cm³/mol. The maximum absolute atomic E-state index is 9.43. The van der Waals surface area contributed by atoms with Crippen molar-refractivity contribution in [2.45, 2.75) is 38.1 Å². The summed E-state index contributed by atoms with van der Waals surface area (Å²) >= 11 is 0. The molecule has 1 aromatic heterocycles. The Morgan fingerprint density at radius 1 is 1.14 bits per heavy atom. The fourth-order valence-electron chi connectivity index (χ4n) is 3.65. The lowest BCUT2D eigenvalue weighted by molar-refractivity contribution is -0.0195. The minimum atomic E-state index is -0.143. The molecule has 0 unspecified atom stereocenters. The first-order valence-electron chi connectivity index (χ1n) is 10.1. The van der Waals surface area contributed by atoms with Crippen molar-refractivity contribution in [2.75, 3.05) is 25.1 Å². The van der Waals surface area contributed by atoms with E-state index in [0.29, 0.717) is 19.6 Å². The van der Waals surface area contributed by atoms with Gasteiger partial charge in [-0.15, -0.1) is 0 Å². The third-order valence-electron chi connectivity index (χ3n) is 5.09. The molecule has 7 heteroatoms. The van der Waals surface area contributed by atoms with E-state index in [1.165, 1.54) is 0 Å². The van der Waals surface area contributed by atoms with Crippen molar-refractivity contribution in [3.8, 4) is 5.75 Å². The molecule has 3 aromatic rings. The lowest BCUT2D eigenvalue weighted by Gasteiger charge is -2.18. The van der Waals surface area contributed by atoms with Crippen LogP contribution in [0.5, 0.6) is 5.75 Å². The second-order valence-corrected chi connectivity index (χ2v) is 7.19. The van der Waals surface area contributed by atoms with Crippen LogP contribution in [0.2, 0.25) is 0 Å². The van der Waals surface area contributed by atoms with Gasteiger partial charge in [-0.3, -0.25) is 4.57 Å². The molecule has 1 saturated heterocycles. The molecular formula is C22H27N3O4. The zero-order chi connectivity index (χ0) is 20.1. The Balaban J connectivity index is 1.52. The van der Waals surface area contributed by atoms with Crippen LogP contribution >= 0.6 is 0 Å². The standard InChI is InChI=1S/C22H27N3O4/c26-11-4-12-28-17-6-3-5-16(13-17)14-23-22-24-19-7-1-2-8-20(19)25(22)21-10-9-18(15-27)29-21/h1-3,5-8,13,18,21,26-27H,4,9-12,14-15H2,(H,23,24)/t18-,21+/m0/s1. The zero-order valence-electron chi connectivity index (χ0n) is 16.3. The van der Waals surface area contributed by atoms with Gasteiger partial charge in [0, 0.05) is 19.6 Å². The summed E-state index contributed by atoms with van der Waals surface area (Å²) in [5, 5.41) is 21.8. The molecule has 1 aliphatic rings. The highest BCUT2D eigenvalue weighted by atomic mass is 16.5. The first-order chi connectivity index (χ1) is 14.3. The number of nitrogens with one attached hydrogen (secondary N) is 1. The van der Waals surface area contributed by atoms with Crippen molar-refractivity contribution >= 4 is 17.0 Å². The summed E-state index contributed by atoms with van der Waals surface area (Å²) in [4.78, 5) is 4.76. The van der Waals surface area contributed by atoms with Crippen molar-refractivity contribution in [2.24, 2.45) is 0 Å². The average Bonchev–Trinajstić information content (AvgIpc) is 3.36. The Morgan fingerprint density at radius 2 is 2.03 bits per heavy atom. The van der Waals surface area contributed by atoms with Gasteiger partial charge in [0.05, 0.1) is 30.4 Å². The highest BCUT2D eigenvalue weighted by Crippen LogP contribution is 2.34. The average molecular weight is 397 g/mol. The van der Waals surface area contributed by atoms with Gasteiger partial charge in [0.25, 0.3) is 0 Å². The number of anilines is 1. The zero-order valence-corrected chi connectivity index (χ0v) is 16.3. The number of aliphatic hydroxyl groups is 2. The summed E-state index contributed by atoms with van der Waals surface area (Å²) in [6.45, 7) is 1.25. The van der Waals surface area contributed by atoms with E-state index < -0.39 is 0 Å². The lowest BCUT2D eigenvalue weighted by atomic mass is 10.2. The Bertz CT molecular complexity index is 943. The second kappa shape index (κ2) is 9.26. The summed E-state index contributed by atoms with van der Waals surface area (Å²) in [6, 6.07) is 15.9. The number of fused-ring (bicyclic) bond motifs is 1. The largest absolute Gasteiger partial charge is 0.493 e. The van der Waals surface area contributed by atoms with Gasteiger partial charge in [-0.2, -0.15) is 0 Å². The molecule has 3 N–H and O–H groups in total. The van der Waals surface area contributed by atoms with Crippen LogP contribution in [0, 0.1) is 0 Å². The van der Waals surface area contributed by atoms with E-state index in [1.807, 2.05) is 48.5 Å². The van der Waals surface area contributed by atoms with Crippen molar-refractivity contribution in [1.29, 1.82) is 0 Å². The molecule has 7 nitrogen and oxygen atoms in total. The molecule has 0 saturated carbocycles. The number of nitrogens with zero attached hydrogens (tertiary/aromatic N) is 2. The number of hydrogen-bond donors (Lipinski definition) is 3. The third kappa shape index (κ3) is 4.53. The molecule has 2 atom stereocenters. The molecule has 2 aromatic carbocycles. The molecule has 0 spiro atoms. The Morgan fingerprint density at radius 3 is 2.86 bits per heavy atom. The van der Waals surface area contributed by atoms with Gasteiger partial charge in [-0.05, 0) is 42.7 Å². The van der Waals surface area contributed by atoms with Crippen LogP contribution in [0.25, 0.3) is 11.0 Å². The summed E-state index contributed by atoms with van der Waals surface area (Å²) in [5.41, 5.74) is 3.00. The summed E-state index contributed by atoms with van der Waals surface area (Å²) in [5.74, 6) is 1.54. The van der Waals surface area contributed by atoms with Gasteiger partial charge < -0.3 is 25.0 Å². The van der Waals surface area contributed by atoms with Crippen LogP contribution in [-0.4, -0.2) is 45.7 Å². The van der Waals surface area contributed by atoms with Crippen molar-refractivity contribution in [3.63, 3.8) is 0 Å². The first kappa shape index (κ1) is 19.7. The molecular weight excluding hydrogens is 370 g/mol. The molecule has 0 radical (unpaired) electrons. The number of aromatic nitrogens is 2. The van der Waals surface area contributed by atoms with Crippen molar-refractivity contribution in [1.82, 2.24) is 9.55 Å². The molecule has 0 aliphatic carbocycles. The fourth-order valence-corrected chi connectivity index (χ4v) is 3.65. The van der Waals surface area contributed by atoms with Crippen LogP contribution in [0.4, 0.5) is 5.95 Å². The van der Waals surface area contributed by atoms with E-state index in [-0.39, 0.29) is 25.5 Å². The normalized spacial score (nSPS) is 19.0. The highest BCUT2D eigenvalue weighted by Gasteiger charge is 2.29. The Hall–Kier alpha value is -2.61. The highest BCUT2D eigenvalue weighted by molar-refractivity contribution is 5.78. The fraction of sp³-hybridized carbons (Fsp3) is 0.409. The summed E-state index contributed by atoms with van der Waals surface area (Å²) in [7, 11) is 0. The topological polar surface area (TPSA) is 88.8 Å². The SMILES string of the molecule is OCCCOc1cccc(CNc2nc3ccccc3n2[C@H]2CC[C@@H](CO)O2)c1. The lowest BCUT2D eigenvalue weighted by Crippen LogP contribution is -2.16. The first-order valence-corrected chi connectivity index (χ1v) is 10.1. The molecule has 4 rings (SSSR count). The maximum atomic E-state index is 9.43. The van der Waals surface area contributed by atoms with Crippen LogP contribution in [0.1, 0.15) is 31.1 Å². The molecule has 2 heterocycles. The molecule has 29 heavy (non-hydrogen) atoms. The van der Waals surface area contributed by atoms with Gasteiger partial charge in [-0.25, -0.2) is 4.98 Å².